The fourth-order valence-electron chi connectivity index (χ4n) is 2.26. The molecule has 1 aliphatic rings. The standard InChI is InChI=1S/C16H24N2O2/c1-12-5-7-13(8-6-12)14-11-18(10-9-17-14)15(19)20-16(2,3)4/h5-8,14,17H,9-11H2,1-4H3/t14-/m1/s1. The summed E-state index contributed by atoms with van der Waals surface area (Å²) in [5, 5.41) is 3.45. The third-order valence-electron chi connectivity index (χ3n) is 3.31. The van der Waals surface area contributed by atoms with E-state index in [-0.39, 0.29) is 12.1 Å². The average molecular weight is 276 g/mol. The van der Waals surface area contributed by atoms with Gasteiger partial charge in [0.1, 0.15) is 5.60 Å². The molecule has 0 aliphatic carbocycles. The molecule has 1 aliphatic heterocycles. The van der Waals surface area contributed by atoms with Crippen molar-refractivity contribution >= 4 is 6.09 Å². The van der Waals surface area contributed by atoms with E-state index in [0.29, 0.717) is 13.1 Å². The van der Waals surface area contributed by atoms with Gasteiger partial charge in [0.25, 0.3) is 0 Å². The van der Waals surface area contributed by atoms with Gasteiger partial charge >= 0.3 is 6.09 Å². The zero-order valence-electron chi connectivity index (χ0n) is 12.8. The van der Waals surface area contributed by atoms with Gasteiger partial charge < -0.3 is 15.0 Å². The molecule has 2 rings (SSSR count). The molecule has 4 nitrogen and oxygen atoms in total. The van der Waals surface area contributed by atoms with Crippen LogP contribution < -0.4 is 5.32 Å². The van der Waals surface area contributed by atoms with E-state index in [1.807, 2.05) is 20.8 Å². The lowest BCUT2D eigenvalue weighted by molar-refractivity contribution is 0.0195. The van der Waals surface area contributed by atoms with Crippen molar-refractivity contribution in [3.05, 3.63) is 35.4 Å². The van der Waals surface area contributed by atoms with Crippen molar-refractivity contribution in [2.24, 2.45) is 0 Å². The van der Waals surface area contributed by atoms with Gasteiger partial charge in [-0.15, -0.1) is 0 Å². The summed E-state index contributed by atoms with van der Waals surface area (Å²) < 4.78 is 5.44. The minimum Gasteiger partial charge on any atom is -0.444 e. The minimum atomic E-state index is -0.443. The molecular weight excluding hydrogens is 252 g/mol. The van der Waals surface area contributed by atoms with E-state index in [1.165, 1.54) is 11.1 Å². The molecule has 0 radical (unpaired) electrons. The number of carbonyl (C=O) groups is 1. The van der Waals surface area contributed by atoms with Gasteiger partial charge in [-0.25, -0.2) is 4.79 Å². The molecule has 0 bridgehead atoms. The average Bonchev–Trinajstić information content (AvgIpc) is 2.38. The van der Waals surface area contributed by atoms with E-state index in [1.54, 1.807) is 4.90 Å². The highest BCUT2D eigenvalue weighted by molar-refractivity contribution is 5.68. The number of carbonyl (C=O) groups excluding carboxylic acids is 1. The molecular formula is C16H24N2O2. The van der Waals surface area contributed by atoms with Gasteiger partial charge in [-0.1, -0.05) is 29.8 Å². The van der Waals surface area contributed by atoms with Crippen molar-refractivity contribution in [3.63, 3.8) is 0 Å². The second-order valence-corrected chi connectivity index (χ2v) is 6.34. The summed E-state index contributed by atoms with van der Waals surface area (Å²) in [6.07, 6.45) is -0.226. The summed E-state index contributed by atoms with van der Waals surface area (Å²) in [6, 6.07) is 8.61. The number of benzene rings is 1. The lowest BCUT2D eigenvalue weighted by atomic mass is 10.0. The SMILES string of the molecule is Cc1ccc([C@H]2CN(C(=O)OC(C)(C)C)CCN2)cc1. The molecule has 1 N–H and O–H groups in total. The van der Waals surface area contributed by atoms with E-state index in [9.17, 15) is 4.79 Å². The van der Waals surface area contributed by atoms with Crippen LogP contribution in [-0.2, 0) is 4.74 Å². The first-order valence-corrected chi connectivity index (χ1v) is 7.13. The Kier molecular flexibility index (Phi) is 4.33. The molecule has 1 amide bonds. The third-order valence-corrected chi connectivity index (χ3v) is 3.31. The second kappa shape index (κ2) is 5.83. The van der Waals surface area contributed by atoms with Crippen LogP contribution in [0.4, 0.5) is 4.79 Å². The minimum absolute atomic E-state index is 0.178. The van der Waals surface area contributed by atoms with Gasteiger partial charge in [-0.3, -0.25) is 0 Å². The summed E-state index contributed by atoms with van der Waals surface area (Å²) in [5.41, 5.74) is 2.01. The van der Waals surface area contributed by atoms with Crippen LogP contribution in [0.15, 0.2) is 24.3 Å². The number of hydrogen-bond donors (Lipinski definition) is 1. The van der Waals surface area contributed by atoms with E-state index >= 15 is 0 Å². The van der Waals surface area contributed by atoms with Gasteiger partial charge in [0.05, 0.1) is 6.04 Å². The largest absolute Gasteiger partial charge is 0.444 e. The molecule has 110 valence electrons. The smallest absolute Gasteiger partial charge is 0.410 e. The van der Waals surface area contributed by atoms with E-state index in [0.717, 1.165) is 6.54 Å². The monoisotopic (exact) mass is 276 g/mol. The number of nitrogens with zero attached hydrogens (tertiary/aromatic N) is 1. The molecule has 1 aromatic carbocycles. The van der Waals surface area contributed by atoms with Gasteiger partial charge in [-0.05, 0) is 33.3 Å². The zero-order chi connectivity index (χ0) is 14.8. The quantitative estimate of drug-likeness (QED) is 0.857. The Morgan fingerprint density at radius 1 is 1.30 bits per heavy atom. The Hall–Kier alpha value is -1.55. The first-order chi connectivity index (χ1) is 9.35. The van der Waals surface area contributed by atoms with Crippen molar-refractivity contribution in [1.29, 1.82) is 0 Å². The maximum Gasteiger partial charge on any atom is 0.410 e. The van der Waals surface area contributed by atoms with Crippen LogP contribution in [0.5, 0.6) is 0 Å². The fourth-order valence-corrected chi connectivity index (χ4v) is 2.26. The van der Waals surface area contributed by atoms with Gasteiger partial charge in [0.2, 0.25) is 0 Å². The molecule has 0 saturated carbocycles. The lowest BCUT2D eigenvalue weighted by Gasteiger charge is -2.35. The topological polar surface area (TPSA) is 41.6 Å². The van der Waals surface area contributed by atoms with Crippen molar-refractivity contribution in [3.8, 4) is 0 Å². The van der Waals surface area contributed by atoms with Crippen molar-refractivity contribution in [2.45, 2.75) is 39.3 Å². The highest BCUT2D eigenvalue weighted by Gasteiger charge is 2.27. The number of piperazine rings is 1. The zero-order valence-corrected chi connectivity index (χ0v) is 12.8. The molecule has 0 aromatic heterocycles. The van der Waals surface area contributed by atoms with Crippen LogP contribution >= 0.6 is 0 Å². The summed E-state index contributed by atoms with van der Waals surface area (Å²) >= 11 is 0. The summed E-state index contributed by atoms with van der Waals surface area (Å²) in [7, 11) is 0. The normalized spacial score (nSPS) is 19.8. The van der Waals surface area contributed by atoms with Gasteiger partial charge in [0.15, 0.2) is 0 Å². The highest BCUT2D eigenvalue weighted by atomic mass is 16.6. The van der Waals surface area contributed by atoms with E-state index in [2.05, 4.69) is 36.5 Å². The molecule has 1 atom stereocenters. The third kappa shape index (κ3) is 3.97. The number of ether oxygens (including phenoxy) is 1. The fraction of sp³-hybridized carbons (Fsp3) is 0.562. The number of amides is 1. The summed E-state index contributed by atoms with van der Waals surface area (Å²) in [6.45, 7) is 9.89. The number of nitrogens with one attached hydrogen (secondary N) is 1. The number of rotatable bonds is 1. The second-order valence-electron chi connectivity index (χ2n) is 6.34. The van der Waals surface area contributed by atoms with Gasteiger partial charge in [-0.2, -0.15) is 0 Å². The molecule has 0 unspecified atom stereocenters. The lowest BCUT2D eigenvalue weighted by Crippen LogP contribution is -2.49. The molecule has 1 aromatic rings. The highest BCUT2D eigenvalue weighted by Crippen LogP contribution is 2.19. The predicted octanol–water partition coefficient (Wildman–Crippen LogP) is 2.88. The van der Waals surface area contributed by atoms with Crippen LogP contribution in [0.25, 0.3) is 0 Å². The van der Waals surface area contributed by atoms with Crippen LogP contribution in [0.1, 0.15) is 37.9 Å². The molecule has 1 heterocycles. The molecule has 0 spiro atoms. The summed E-state index contributed by atoms with van der Waals surface area (Å²) in [5.74, 6) is 0. The van der Waals surface area contributed by atoms with Crippen LogP contribution in [-0.4, -0.2) is 36.2 Å². The van der Waals surface area contributed by atoms with Crippen LogP contribution in [0.2, 0.25) is 0 Å². The van der Waals surface area contributed by atoms with Crippen molar-refractivity contribution in [2.75, 3.05) is 19.6 Å². The number of hydrogen-bond acceptors (Lipinski definition) is 3. The van der Waals surface area contributed by atoms with Crippen LogP contribution in [0, 0.1) is 6.92 Å². The summed E-state index contributed by atoms with van der Waals surface area (Å²) in [4.78, 5) is 13.9. The van der Waals surface area contributed by atoms with Gasteiger partial charge in [0, 0.05) is 19.6 Å². The predicted molar refractivity (Wildman–Crippen MR) is 79.7 cm³/mol. The van der Waals surface area contributed by atoms with Crippen LogP contribution in [0.3, 0.4) is 0 Å². The first-order valence-electron chi connectivity index (χ1n) is 7.13. The van der Waals surface area contributed by atoms with E-state index < -0.39 is 5.60 Å². The Balaban J connectivity index is 2.01. The Morgan fingerprint density at radius 3 is 2.55 bits per heavy atom. The first kappa shape index (κ1) is 14.9. The molecule has 1 saturated heterocycles. The molecule has 20 heavy (non-hydrogen) atoms. The van der Waals surface area contributed by atoms with Crippen molar-refractivity contribution < 1.29 is 9.53 Å². The van der Waals surface area contributed by atoms with Crippen molar-refractivity contribution in [1.82, 2.24) is 10.2 Å². The number of aryl methyl sites for hydroxylation is 1. The Morgan fingerprint density at radius 2 is 1.95 bits per heavy atom. The Labute approximate surface area is 121 Å². The maximum absolute atomic E-state index is 12.1. The molecule has 1 fully saturated rings. The van der Waals surface area contributed by atoms with E-state index in [4.69, 9.17) is 4.74 Å². The molecule has 4 heteroatoms. The maximum atomic E-state index is 12.1. The Bertz CT molecular complexity index is 462.